The number of esters is 1. The Bertz CT molecular complexity index is 1110. The van der Waals surface area contributed by atoms with E-state index < -0.39 is 5.97 Å². The summed E-state index contributed by atoms with van der Waals surface area (Å²) in [4.78, 5) is 26.0. The molecular weight excluding hydrogens is 450 g/mol. The Morgan fingerprint density at radius 3 is 2.56 bits per heavy atom. The van der Waals surface area contributed by atoms with Gasteiger partial charge < -0.3 is 20.6 Å². The number of aromatic nitrogens is 3. The summed E-state index contributed by atoms with van der Waals surface area (Å²) < 4.78 is 11.7. The first kappa shape index (κ1) is 23.6. The Hall–Kier alpha value is -3.05. The molecular formula is C21H25N5O4S2. The van der Waals surface area contributed by atoms with Gasteiger partial charge in [-0.3, -0.25) is 4.79 Å². The Kier molecular flexibility index (Phi) is 7.75. The summed E-state index contributed by atoms with van der Waals surface area (Å²) in [5.41, 5.74) is 2.10. The van der Waals surface area contributed by atoms with Crippen LogP contribution in [-0.2, 0) is 16.0 Å². The van der Waals surface area contributed by atoms with Crippen LogP contribution in [0.3, 0.4) is 0 Å². The number of aryl methyl sites for hydroxylation is 1. The zero-order valence-corrected chi connectivity index (χ0v) is 19.9. The van der Waals surface area contributed by atoms with E-state index in [1.807, 2.05) is 26.0 Å². The lowest BCUT2D eigenvalue weighted by Gasteiger charge is -2.08. The van der Waals surface area contributed by atoms with Gasteiger partial charge in [-0.1, -0.05) is 18.7 Å². The monoisotopic (exact) mass is 475 g/mol. The van der Waals surface area contributed by atoms with Crippen molar-refractivity contribution in [3.8, 4) is 17.1 Å². The molecule has 3 N–H and O–H groups in total. The van der Waals surface area contributed by atoms with Crippen molar-refractivity contribution in [2.45, 2.75) is 32.3 Å². The van der Waals surface area contributed by atoms with Crippen molar-refractivity contribution in [3.63, 3.8) is 0 Å². The number of ether oxygens (including phenoxy) is 2. The van der Waals surface area contributed by atoms with E-state index in [1.165, 1.54) is 16.0 Å². The number of thioether (sulfide) groups is 1. The average molecular weight is 476 g/mol. The number of hydrogen-bond acceptors (Lipinski definition) is 9. The summed E-state index contributed by atoms with van der Waals surface area (Å²) in [6.45, 7) is 5.91. The molecule has 0 aliphatic carbocycles. The number of carbonyl (C=O) groups excluding carboxylic acids is 2. The molecule has 2 heterocycles. The van der Waals surface area contributed by atoms with Crippen LogP contribution in [0.2, 0.25) is 0 Å². The van der Waals surface area contributed by atoms with Gasteiger partial charge in [0.1, 0.15) is 10.8 Å². The Morgan fingerprint density at radius 1 is 1.22 bits per heavy atom. The van der Waals surface area contributed by atoms with E-state index in [9.17, 15) is 9.59 Å². The molecule has 170 valence electrons. The predicted octanol–water partition coefficient (Wildman–Crippen LogP) is 3.51. The Balaban J connectivity index is 1.69. The van der Waals surface area contributed by atoms with Crippen molar-refractivity contribution >= 4 is 40.0 Å². The maximum atomic E-state index is 12.6. The van der Waals surface area contributed by atoms with Gasteiger partial charge in [-0.2, -0.15) is 0 Å². The van der Waals surface area contributed by atoms with Crippen molar-refractivity contribution in [2.24, 2.45) is 0 Å². The third-order valence-electron chi connectivity index (χ3n) is 4.64. The van der Waals surface area contributed by atoms with Gasteiger partial charge in [-0.25, -0.2) is 9.47 Å². The summed E-state index contributed by atoms with van der Waals surface area (Å²) in [6.07, 6.45) is 0.672. The molecule has 1 aromatic carbocycles. The SMILES string of the molecule is CCOC(=O)c1c(NC(=O)CSc2nnc(-c3ccc(OC)cc3)n2N)sc(C)c1CC. The van der Waals surface area contributed by atoms with Crippen LogP contribution in [0.15, 0.2) is 29.4 Å². The van der Waals surface area contributed by atoms with E-state index in [2.05, 4.69) is 15.5 Å². The van der Waals surface area contributed by atoms with Crippen LogP contribution in [0, 0.1) is 6.92 Å². The average Bonchev–Trinajstić information content (AvgIpc) is 3.31. The van der Waals surface area contributed by atoms with Crippen LogP contribution in [0.25, 0.3) is 11.4 Å². The van der Waals surface area contributed by atoms with E-state index in [0.29, 0.717) is 28.0 Å². The lowest BCUT2D eigenvalue weighted by molar-refractivity contribution is -0.113. The molecule has 9 nitrogen and oxygen atoms in total. The third-order valence-corrected chi connectivity index (χ3v) is 6.65. The fraction of sp³-hybridized carbons (Fsp3) is 0.333. The van der Waals surface area contributed by atoms with Gasteiger partial charge in [0.25, 0.3) is 0 Å². The zero-order valence-electron chi connectivity index (χ0n) is 18.3. The van der Waals surface area contributed by atoms with Gasteiger partial charge in [0.15, 0.2) is 5.82 Å². The van der Waals surface area contributed by atoms with Crippen LogP contribution < -0.4 is 15.9 Å². The molecule has 0 saturated carbocycles. The minimum atomic E-state index is -0.428. The number of nitrogen functional groups attached to an aromatic ring is 1. The predicted molar refractivity (Wildman–Crippen MR) is 126 cm³/mol. The fourth-order valence-electron chi connectivity index (χ4n) is 3.12. The lowest BCUT2D eigenvalue weighted by atomic mass is 10.1. The molecule has 0 fully saturated rings. The van der Waals surface area contributed by atoms with Gasteiger partial charge >= 0.3 is 5.97 Å². The first-order valence-corrected chi connectivity index (χ1v) is 11.8. The molecule has 0 unspecified atom stereocenters. The molecule has 32 heavy (non-hydrogen) atoms. The highest BCUT2D eigenvalue weighted by atomic mass is 32.2. The lowest BCUT2D eigenvalue weighted by Crippen LogP contribution is -2.18. The smallest absolute Gasteiger partial charge is 0.341 e. The minimum Gasteiger partial charge on any atom is -0.497 e. The fourth-order valence-corrected chi connectivity index (χ4v) is 4.92. The summed E-state index contributed by atoms with van der Waals surface area (Å²) in [5, 5.41) is 11.9. The van der Waals surface area contributed by atoms with Gasteiger partial charge in [0.05, 0.1) is 25.0 Å². The number of hydrogen-bond donors (Lipinski definition) is 2. The normalized spacial score (nSPS) is 10.8. The largest absolute Gasteiger partial charge is 0.497 e. The van der Waals surface area contributed by atoms with E-state index in [0.717, 1.165) is 33.5 Å². The minimum absolute atomic E-state index is 0.0542. The molecule has 1 amide bonds. The Labute approximate surface area is 194 Å². The first-order valence-electron chi connectivity index (χ1n) is 9.96. The van der Waals surface area contributed by atoms with E-state index in [1.54, 1.807) is 26.2 Å². The maximum absolute atomic E-state index is 12.6. The van der Waals surface area contributed by atoms with Gasteiger partial charge in [0, 0.05) is 10.4 Å². The molecule has 0 aliphatic heterocycles. The van der Waals surface area contributed by atoms with E-state index in [4.69, 9.17) is 15.3 Å². The summed E-state index contributed by atoms with van der Waals surface area (Å²) in [5.74, 6) is 6.67. The number of methoxy groups -OCH3 is 1. The highest BCUT2D eigenvalue weighted by molar-refractivity contribution is 7.99. The number of carbonyl (C=O) groups is 2. The quantitative estimate of drug-likeness (QED) is 0.274. The maximum Gasteiger partial charge on any atom is 0.341 e. The summed E-state index contributed by atoms with van der Waals surface area (Å²) >= 11 is 2.52. The van der Waals surface area contributed by atoms with Crippen LogP contribution >= 0.6 is 23.1 Å². The second kappa shape index (κ2) is 10.5. The van der Waals surface area contributed by atoms with Crippen LogP contribution in [-0.4, -0.2) is 46.2 Å². The van der Waals surface area contributed by atoms with Crippen molar-refractivity contribution < 1.29 is 19.1 Å². The first-order chi connectivity index (χ1) is 15.4. The number of benzene rings is 1. The number of rotatable bonds is 9. The molecule has 0 aliphatic rings. The summed E-state index contributed by atoms with van der Waals surface area (Å²) in [7, 11) is 1.59. The van der Waals surface area contributed by atoms with Gasteiger partial charge in [-0.15, -0.1) is 21.5 Å². The molecule has 3 aromatic rings. The number of nitrogens with zero attached hydrogens (tertiary/aromatic N) is 3. The molecule has 0 atom stereocenters. The number of thiophene rings is 1. The molecule has 0 bridgehead atoms. The number of anilines is 1. The molecule has 3 rings (SSSR count). The number of amides is 1. The number of nitrogens with two attached hydrogens (primary N) is 1. The highest BCUT2D eigenvalue weighted by Gasteiger charge is 2.23. The standard InChI is InChI=1S/C21H25N5O4S2/c1-5-15-12(3)32-19(17(15)20(28)30-6-2)23-16(27)11-31-21-25-24-18(26(21)22)13-7-9-14(29-4)10-8-13/h7-10H,5-6,11,22H2,1-4H3,(H,23,27). The summed E-state index contributed by atoms with van der Waals surface area (Å²) in [6, 6.07) is 7.27. The topological polar surface area (TPSA) is 121 Å². The molecule has 2 aromatic heterocycles. The van der Waals surface area contributed by atoms with Crippen molar-refractivity contribution in [3.05, 3.63) is 40.3 Å². The highest BCUT2D eigenvalue weighted by Crippen LogP contribution is 2.34. The molecule has 0 radical (unpaired) electrons. The van der Waals surface area contributed by atoms with Crippen LogP contribution in [0.4, 0.5) is 5.00 Å². The Morgan fingerprint density at radius 2 is 1.94 bits per heavy atom. The van der Waals surface area contributed by atoms with Gasteiger partial charge in [0.2, 0.25) is 11.1 Å². The second-order valence-corrected chi connectivity index (χ2v) is 8.82. The van der Waals surface area contributed by atoms with Crippen molar-refractivity contribution in [1.82, 2.24) is 14.9 Å². The van der Waals surface area contributed by atoms with Crippen LogP contribution in [0.5, 0.6) is 5.75 Å². The van der Waals surface area contributed by atoms with Crippen molar-refractivity contribution in [2.75, 3.05) is 30.6 Å². The van der Waals surface area contributed by atoms with Crippen molar-refractivity contribution in [1.29, 1.82) is 0 Å². The van der Waals surface area contributed by atoms with Gasteiger partial charge in [-0.05, 0) is 50.1 Å². The third kappa shape index (κ3) is 5.05. The molecule has 0 saturated heterocycles. The molecule has 11 heteroatoms. The number of nitrogens with one attached hydrogen (secondary N) is 1. The van der Waals surface area contributed by atoms with E-state index in [-0.39, 0.29) is 18.3 Å². The van der Waals surface area contributed by atoms with Crippen LogP contribution in [0.1, 0.15) is 34.6 Å². The molecule has 0 spiro atoms. The zero-order chi connectivity index (χ0) is 23.3. The van der Waals surface area contributed by atoms with E-state index >= 15 is 0 Å². The second-order valence-electron chi connectivity index (χ2n) is 6.66.